The smallest absolute Gasteiger partial charge is 0.107 e. The fourth-order valence-corrected chi connectivity index (χ4v) is 3.01. The highest BCUT2D eigenvalue weighted by Crippen LogP contribution is 2.12. The first-order valence-electron chi connectivity index (χ1n) is 7.81. The number of hydrogen-bond acceptors (Lipinski definition) is 0. The molecule has 0 aromatic rings. The van der Waals surface area contributed by atoms with Crippen LogP contribution < -0.4 is 17.0 Å². The lowest BCUT2D eigenvalue weighted by molar-refractivity contribution is -0.00000395. The zero-order valence-electron chi connectivity index (χ0n) is 13.0. The van der Waals surface area contributed by atoms with Gasteiger partial charge in [0.15, 0.2) is 0 Å². The Hall–Kier alpha value is 0.830. The Morgan fingerprint density at radius 3 is 1.22 bits per heavy atom. The quantitative estimate of drug-likeness (QED) is 0.357. The van der Waals surface area contributed by atoms with Gasteiger partial charge in [0, 0.05) is 0 Å². The second-order valence-corrected chi connectivity index (χ2v) is 7.96. The van der Waals surface area contributed by atoms with Gasteiger partial charge in [-0.3, -0.25) is 0 Å². The lowest BCUT2D eigenvalue weighted by atomic mass is 10.1. The van der Waals surface area contributed by atoms with Crippen LogP contribution >= 0.6 is 0 Å². The summed E-state index contributed by atoms with van der Waals surface area (Å²) in [6.07, 6.45) is 22.3. The molecule has 0 aliphatic rings. The van der Waals surface area contributed by atoms with Crippen molar-refractivity contribution in [1.82, 2.24) is 0 Å². The third-order valence-corrected chi connectivity index (χ3v) is 4.51. The standard InChI is InChI=1S/C16H35S.BrH/c1-4-5-6-7-8-9-10-11-12-13-14-15-16-17(2)3;/h4-16H2,1-3H3;1H/q+1;/p-1. The molecule has 0 N–H and O–H groups in total. The first-order valence-corrected chi connectivity index (χ1v) is 10.0. The summed E-state index contributed by atoms with van der Waals surface area (Å²) in [6.45, 7) is 2.29. The molecule has 0 radical (unpaired) electrons. The zero-order valence-corrected chi connectivity index (χ0v) is 15.4. The van der Waals surface area contributed by atoms with Crippen molar-refractivity contribution in [1.29, 1.82) is 0 Å². The van der Waals surface area contributed by atoms with Crippen molar-refractivity contribution in [3.05, 3.63) is 0 Å². The van der Waals surface area contributed by atoms with Crippen LogP contribution in [0.5, 0.6) is 0 Å². The third kappa shape index (κ3) is 19.2. The van der Waals surface area contributed by atoms with Crippen LogP contribution in [0.2, 0.25) is 0 Å². The molecule has 0 unspecified atom stereocenters. The largest absolute Gasteiger partial charge is 1.00 e. The van der Waals surface area contributed by atoms with Gasteiger partial charge in [-0.1, -0.05) is 71.1 Å². The molecule has 0 fully saturated rings. The third-order valence-electron chi connectivity index (χ3n) is 3.41. The van der Waals surface area contributed by atoms with E-state index >= 15 is 0 Å². The minimum atomic E-state index is 0. The van der Waals surface area contributed by atoms with E-state index in [0.29, 0.717) is 10.9 Å². The minimum absolute atomic E-state index is 0. The Bertz CT molecular complexity index is 137. The average Bonchev–Trinajstić information content (AvgIpc) is 2.30. The van der Waals surface area contributed by atoms with Crippen LogP contribution in [-0.2, 0) is 10.9 Å². The molecular formula is C16H35BrS. The number of rotatable bonds is 13. The molecule has 0 aliphatic heterocycles. The predicted molar refractivity (Wildman–Crippen MR) is 85.2 cm³/mol. The van der Waals surface area contributed by atoms with Gasteiger partial charge in [0.05, 0.1) is 12.5 Å². The Labute approximate surface area is 130 Å². The SMILES string of the molecule is CCCCCCCCCCCCCC[S+](C)C.[Br-]. The van der Waals surface area contributed by atoms with Gasteiger partial charge in [-0.2, -0.15) is 0 Å². The first kappa shape index (κ1) is 21.1. The molecule has 0 heterocycles. The van der Waals surface area contributed by atoms with Crippen LogP contribution in [0.4, 0.5) is 0 Å². The monoisotopic (exact) mass is 338 g/mol. The molecule has 18 heavy (non-hydrogen) atoms. The van der Waals surface area contributed by atoms with Crippen LogP contribution in [0.3, 0.4) is 0 Å². The summed E-state index contributed by atoms with van der Waals surface area (Å²) in [7, 11) is 0.670. The van der Waals surface area contributed by atoms with E-state index < -0.39 is 0 Å². The molecular weight excluding hydrogens is 304 g/mol. The van der Waals surface area contributed by atoms with Gasteiger partial charge in [-0.25, -0.2) is 0 Å². The van der Waals surface area contributed by atoms with Gasteiger partial charge >= 0.3 is 0 Å². The molecule has 0 saturated carbocycles. The summed E-state index contributed by atoms with van der Waals surface area (Å²) in [5.41, 5.74) is 0. The summed E-state index contributed by atoms with van der Waals surface area (Å²) in [5.74, 6) is 1.46. The molecule has 0 aromatic carbocycles. The summed E-state index contributed by atoms with van der Waals surface area (Å²) < 4.78 is 0. The second kappa shape index (κ2) is 17.8. The van der Waals surface area contributed by atoms with Crippen LogP contribution in [0.15, 0.2) is 0 Å². The van der Waals surface area contributed by atoms with Crippen molar-refractivity contribution in [3.63, 3.8) is 0 Å². The van der Waals surface area contributed by atoms with E-state index in [4.69, 9.17) is 0 Å². The van der Waals surface area contributed by atoms with E-state index in [1.165, 1.54) is 82.8 Å². The zero-order chi connectivity index (χ0) is 12.8. The second-order valence-electron chi connectivity index (χ2n) is 5.58. The van der Waals surface area contributed by atoms with E-state index in [2.05, 4.69) is 19.4 Å². The summed E-state index contributed by atoms with van der Waals surface area (Å²) in [4.78, 5) is 0. The highest BCUT2D eigenvalue weighted by molar-refractivity contribution is 7.95. The van der Waals surface area contributed by atoms with Crippen LogP contribution in [0, 0.1) is 0 Å². The van der Waals surface area contributed by atoms with Gasteiger partial charge in [-0.15, -0.1) is 0 Å². The predicted octanol–water partition coefficient (Wildman–Crippen LogP) is 2.57. The van der Waals surface area contributed by atoms with Crippen LogP contribution in [-0.4, -0.2) is 18.3 Å². The lowest BCUT2D eigenvalue weighted by Gasteiger charge is -2.02. The topological polar surface area (TPSA) is 0 Å². The maximum Gasteiger partial charge on any atom is 0.107 e. The lowest BCUT2D eigenvalue weighted by Crippen LogP contribution is -3.00. The van der Waals surface area contributed by atoms with Crippen molar-refractivity contribution in [2.75, 3.05) is 18.3 Å². The van der Waals surface area contributed by atoms with Gasteiger partial charge in [0.1, 0.15) is 5.75 Å². The summed E-state index contributed by atoms with van der Waals surface area (Å²) in [5, 5.41) is 0. The molecule has 0 aliphatic carbocycles. The highest BCUT2D eigenvalue weighted by Gasteiger charge is 2.00. The van der Waals surface area contributed by atoms with E-state index in [1.54, 1.807) is 0 Å². The van der Waals surface area contributed by atoms with Crippen LogP contribution in [0.1, 0.15) is 84.0 Å². The van der Waals surface area contributed by atoms with Crippen molar-refractivity contribution in [3.8, 4) is 0 Å². The fourth-order valence-electron chi connectivity index (χ4n) is 2.23. The normalized spacial score (nSPS) is 10.7. The van der Waals surface area contributed by atoms with E-state index in [9.17, 15) is 0 Å². The molecule has 0 saturated heterocycles. The van der Waals surface area contributed by atoms with E-state index in [-0.39, 0.29) is 17.0 Å². The molecule has 112 valence electrons. The van der Waals surface area contributed by atoms with Gasteiger partial charge in [0.25, 0.3) is 0 Å². The molecule has 0 spiro atoms. The maximum atomic E-state index is 2.36. The maximum absolute atomic E-state index is 2.36. The van der Waals surface area contributed by atoms with Gasteiger partial charge in [-0.05, 0) is 23.7 Å². The molecule has 0 amide bonds. The Balaban J connectivity index is 0. The first-order chi connectivity index (χ1) is 8.27. The number of unbranched alkanes of at least 4 members (excludes halogenated alkanes) is 11. The van der Waals surface area contributed by atoms with Gasteiger partial charge < -0.3 is 17.0 Å². The number of halogens is 1. The molecule has 0 aromatic heterocycles. The van der Waals surface area contributed by atoms with Crippen molar-refractivity contribution in [2.45, 2.75) is 84.0 Å². The van der Waals surface area contributed by atoms with E-state index in [0.717, 1.165) is 0 Å². The fraction of sp³-hybridized carbons (Fsp3) is 1.00. The minimum Gasteiger partial charge on any atom is -1.00 e. The molecule has 0 rings (SSSR count). The van der Waals surface area contributed by atoms with Crippen molar-refractivity contribution < 1.29 is 17.0 Å². The molecule has 2 heteroatoms. The summed E-state index contributed by atoms with van der Waals surface area (Å²) in [6, 6.07) is 0. The van der Waals surface area contributed by atoms with E-state index in [1.807, 2.05) is 0 Å². The van der Waals surface area contributed by atoms with Gasteiger partial charge in [0.2, 0.25) is 0 Å². The Morgan fingerprint density at radius 1 is 0.556 bits per heavy atom. The number of hydrogen-bond donors (Lipinski definition) is 0. The van der Waals surface area contributed by atoms with Crippen LogP contribution in [0.25, 0.3) is 0 Å². The van der Waals surface area contributed by atoms with Crippen molar-refractivity contribution in [2.24, 2.45) is 0 Å². The van der Waals surface area contributed by atoms with Crippen molar-refractivity contribution >= 4 is 10.9 Å². The average molecular weight is 339 g/mol. The molecule has 0 nitrogen and oxygen atoms in total. The highest BCUT2D eigenvalue weighted by atomic mass is 79.9. The Kier molecular flexibility index (Phi) is 20.9. The molecule has 0 bridgehead atoms. The molecule has 0 atom stereocenters. The summed E-state index contributed by atoms with van der Waals surface area (Å²) >= 11 is 0. The Morgan fingerprint density at radius 2 is 0.889 bits per heavy atom.